The molecule has 0 saturated heterocycles. The Labute approximate surface area is 108 Å². The van der Waals surface area contributed by atoms with E-state index in [1.807, 2.05) is 0 Å². The van der Waals surface area contributed by atoms with Gasteiger partial charge in [0.15, 0.2) is 0 Å². The first kappa shape index (κ1) is 14.6. The molecule has 0 aliphatic carbocycles. The lowest BCUT2D eigenvalue weighted by atomic mass is 9.98. The van der Waals surface area contributed by atoms with Crippen LogP contribution in [0.15, 0.2) is 42.5 Å². The van der Waals surface area contributed by atoms with E-state index in [1.54, 1.807) is 6.07 Å². The van der Waals surface area contributed by atoms with Gasteiger partial charge in [-0.3, -0.25) is 0 Å². The molecule has 0 saturated carbocycles. The van der Waals surface area contributed by atoms with Crippen LogP contribution in [-0.4, -0.2) is 12.1 Å². The van der Waals surface area contributed by atoms with Gasteiger partial charge in [-0.2, -0.15) is 30.7 Å². The van der Waals surface area contributed by atoms with E-state index < -0.39 is 23.6 Å². The van der Waals surface area contributed by atoms with Crippen molar-refractivity contribution in [1.82, 2.24) is 0 Å². The standard InChI is InChI=1S/C13H7F7/c14-11(15,12(16,17)13(18,19)20)10-6-5-8-3-1-2-4-9(8)7-10/h1-7H. The Bertz CT molecular complexity index is 628. The molecule has 0 spiro atoms. The number of benzene rings is 2. The Hall–Kier alpha value is -1.79. The van der Waals surface area contributed by atoms with Crippen molar-refractivity contribution >= 4 is 10.8 Å². The van der Waals surface area contributed by atoms with Crippen LogP contribution in [-0.2, 0) is 5.92 Å². The summed E-state index contributed by atoms with van der Waals surface area (Å²) in [6, 6.07) is 8.21. The average molecular weight is 296 g/mol. The van der Waals surface area contributed by atoms with Crippen LogP contribution in [0.5, 0.6) is 0 Å². The molecular formula is C13H7F7. The van der Waals surface area contributed by atoms with E-state index in [9.17, 15) is 30.7 Å². The molecular weight excluding hydrogens is 289 g/mol. The van der Waals surface area contributed by atoms with Crippen LogP contribution in [0, 0.1) is 0 Å². The van der Waals surface area contributed by atoms with Gasteiger partial charge in [0.25, 0.3) is 0 Å². The van der Waals surface area contributed by atoms with Crippen LogP contribution in [0.25, 0.3) is 10.8 Å². The van der Waals surface area contributed by atoms with Gasteiger partial charge in [0, 0.05) is 5.56 Å². The van der Waals surface area contributed by atoms with Crippen LogP contribution in [0.4, 0.5) is 30.7 Å². The zero-order valence-electron chi connectivity index (χ0n) is 9.69. The van der Waals surface area contributed by atoms with Crippen molar-refractivity contribution in [2.24, 2.45) is 0 Å². The number of alkyl halides is 7. The first-order chi connectivity index (χ1) is 9.07. The molecule has 2 rings (SSSR count). The van der Waals surface area contributed by atoms with Crippen molar-refractivity contribution in [2.75, 3.05) is 0 Å². The van der Waals surface area contributed by atoms with Gasteiger partial charge in [-0.1, -0.05) is 36.4 Å². The van der Waals surface area contributed by atoms with E-state index in [-0.39, 0.29) is 5.39 Å². The molecule has 0 bridgehead atoms. The second-order valence-corrected chi connectivity index (χ2v) is 4.21. The monoisotopic (exact) mass is 296 g/mol. The maximum atomic E-state index is 13.5. The third-order valence-electron chi connectivity index (χ3n) is 2.86. The highest BCUT2D eigenvalue weighted by molar-refractivity contribution is 5.83. The van der Waals surface area contributed by atoms with Crippen LogP contribution >= 0.6 is 0 Å². The molecule has 7 heteroatoms. The zero-order valence-corrected chi connectivity index (χ0v) is 9.69. The van der Waals surface area contributed by atoms with Crippen LogP contribution in [0.1, 0.15) is 5.56 Å². The zero-order chi connectivity index (χ0) is 15.2. The van der Waals surface area contributed by atoms with Gasteiger partial charge in [-0.15, -0.1) is 0 Å². The van der Waals surface area contributed by atoms with Gasteiger partial charge in [0.2, 0.25) is 0 Å². The summed E-state index contributed by atoms with van der Waals surface area (Å²) in [5.41, 5.74) is -1.38. The summed E-state index contributed by atoms with van der Waals surface area (Å²) in [6.07, 6.45) is -6.33. The van der Waals surface area contributed by atoms with Crippen molar-refractivity contribution < 1.29 is 30.7 Å². The second-order valence-electron chi connectivity index (χ2n) is 4.21. The van der Waals surface area contributed by atoms with E-state index in [0.29, 0.717) is 17.5 Å². The van der Waals surface area contributed by atoms with Gasteiger partial charge in [-0.25, -0.2) is 0 Å². The predicted octanol–water partition coefficient (Wildman–Crippen LogP) is 5.13. The van der Waals surface area contributed by atoms with Gasteiger partial charge >= 0.3 is 18.0 Å². The molecule has 20 heavy (non-hydrogen) atoms. The molecule has 0 N–H and O–H groups in total. The molecule has 2 aromatic carbocycles. The summed E-state index contributed by atoms with van der Waals surface area (Å²) in [4.78, 5) is 0. The first-order valence-corrected chi connectivity index (χ1v) is 5.39. The predicted molar refractivity (Wildman–Crippen MR) is 58.8 cm³/mol. The summed E-state index contributed by atoms with van der Waals surface area (Å²) in [5.74, 6) is -11.5. The summed E-state index contributed by atoms with van der Waals surface area (Å²) in [5, 5.41) is 0.616. The first-order valence-electron chi connectivity index (χ1n) is 5.39. The summed E-state index contributed by atoms with van der Waals surface area (Å²) >= 11 is 0. The van der Waals surface area contributed by atoms with Crippen molar-refractivity contribution in [3.63, 3.8) is 0 Å². The molecule has 0 atom stereocenters. The molecule has 0 nitrogen and oxygen atoms in total. The maximum Gasteiger partial charge on any atom is 0.460 e. The molecule has 0 aromatic heterocycles. The summed E-state index contributed by atoms with van der Waals surface area (Å²) in [6.45, 7) is 0. The van der Waals surface area contributed by atoms with E-state index >= 15 is 0 Å². The minimum absolute atomic E-state index is 0.155. The van der Waals surface area contributed by atoms with E-state index in [0.717, 1.165) is 6.07 Å². The minimum Gasteiger partial charge on any atom is -0.194 e. The molecule has 0 aliphatic heterocycles. The normalized spacial score (nSPS) is 13.8. The van der Waals surface area contributed by atoms with E-state index in [2.05, 4.69) is 0 Å². The lowest BCUT2D eigenvalue weighted by Gasteiger charge is -2.28. The quantitative estimate of drug-likeness (QED) is 0.674. The van der Waals surface area contributed by atoms with Gasteiger partial charge in [-0.05, 0) is 16.8 Å². The van der Waals surface area contributed by atoms with Crippen molar-refractivity contribution in [2.45, 2.75) is 18.0 Å². The maximum absolute atomic E-state index is 13.5. The molecule has 108 valence electrons. The lowest BCUT2D eigenvalue weighted by molar-refractivity contribution is -0.359. The van der Waals surface area contributed by atoms with Crippen molar-refractivity contribution in [3.05, 3.63) is 48.0 Å². The molecule has 0 fully saturated rings. The largest absolute Gasteiger partial charge is 0.460 e. The molecule has 0 radical (unpaired) electrons. The fraction of sp³-hybridized carbons (Fsp3) is 0.231. The smallest absolute Gasteiger partial charge is 0.194 e. The Kier molecular flexibility index (Phi) is 3.19. The highest BCUT2D eigenvalue weighted by atomic mass is 19.4. The van der Waals surface area contributed by atoms with E-state index in [1.165, 1.54) is 18.2 Å². The van der Waals surface area contributed by atoms with Gasteiger partial charge < -0.3 is 0 Å². The lowest BCUT2D eigenvalue weighted by Crippen LogP contribution is -2.50. The highest BCUT2D eigenvalue weighted by Crippen LogP contribution is 2.51. The Morgan fingerprint density at radius 2 is 1.20 bits per heavy atom. The third-order valence-corrected chi connectivity index (χ3v) is 2.86. The summed E-state index contributed by atoms with van der Waals surface area (Å²) < 4.78 is 89.1. The minimum atomic E-state index is -6.33. The Balaban J connectivity index is 2.57. The number of hydrogen-bond acceptors (Lipinski definition) is 0. The van der Waals surface area contributed by atoms with Crippen molar-refractivity contribution in [1.29, 1.82) is 0 Å². The second kappa shape index (κ2) is 4.36. The van der Waals surface area contributed by atoms with Gasteiger partial charge in [0.05, 0.1) is 0 Å². The molecule has 0 heterocycles. The topological polar surface area (TPSA) is 0 Å². The fourth-order valence-electron chi connectivity index (χ4n) is 1.74. The number of hydrogen-bond donors (Lipinski definition) is 0. The van der Waals surface area contributed by atoms with E-state index in [4.69, 9.17) is 0 Å². The number of rotatable bonds is 2. The number of halogens is 7. The van der Waals surface area contributed by atoms with Crippen LogP contribution < -0.4 is 0 Å². The Morgan fingerprint density at radius 3 is 1.75 bits per heavy atom. The van der Waals surface area contributed by atoms with Gasteiger partial charge in [0.1, 0.15) is 0 Å². The fourth-order valence-corrected chi connectivity index (χ4v) is 1.74. The molecule has 0 unspecified atom stereocenters. The highest BCUT2D eigenvalue weighted by Gasteiger charge is 2.73. The molecule has 0 aliphatic rings. The average Bonchev–Trinajstić information content (AvgIpc) is 2.36. The SMILES string of the molecule is FC(F)(F)C(F)(F)C(F)(F)c1ccc2ccccc2c1. The third kappa shape index (κ3) is 2.10. The van der Waals surface area contributed by atoms with Crippen LogP contribution in [0.3, 0.4) is 0 Å². The van der Waals surface area contributed by atoms with Crippen molar-refractivity contribution in [3.8, 4) is 0 Å². The summed E-state index contributed by atoms with van der Waals surface area (Å²) in [7, 11) is 0. The molecule has 2 aromatic rings. The number of fused-ring (bicyclic) bond motifs is 1. The van der Waals surface area contributed by atoms with Crippen LogP contribution in [0.2, 0.25) is 0 Å². The molecule has 0 amide bonds. The Morgan fingerprint density at radius 1 is 0.650 bits per heavy atom.